The minimum absolute atomic E-state index is 0.154. The number of benzene rings is 3. The lowest BCUT2D eigenvalue weighted by molar-refractivity contribution is -0.137. The summed E-state index contributed by atoms with van der Waals surface area (Å²) in [6.07, 6.45) is -4.42. The second kappa shape index (κ2) is 9.08. The van der Waals surface area contributed by atoms with Crippen LogP contribution >= 0.6 is 0 Å². The molecule has 3 aromatic rings. The van der Waals surface area contributed by atoms with Crippen molar-refractivity contribution in [3.63, 3.8) is 0 Å². The molecule has 0 aliphatic carbocycles. The first-order valence-corrected chi connectivity index (χ1v) is 9.09. The highest BCUT2D eigenvalue weighted by Crippen LogP contribution is 2.29. The zero-order chi connectivity index (χ0) is 20.0. The van der Waals surface area contributed by atoms with Gasteiger partial charge in [-0.05, 0) is 42.1 Å². The topological polar surface area (TPSA) is 41.5 Å². The largest absolute Gasteiger partial charge is 0.490 e. The van der Waals surface area contributed by atoms with E-state index in [1.54, 1.807) is 0 Å². The van der Waals surface area contributed by atoms with Gasteiger partial charge in [0.05, 0.1) is 5.56 Å². The van der Waals surface area contributed by atoms with Crippen molar-refractivity contribution in [1.82, 2.24) is 5.32 Å². The first-order valence-electron chi connectivity index (χ1n) is 9.09. The van der Waals surface area contributed by atoms with Crippen molar-refractivity contribution in [2.75, 3.05) is 19.7 Å². The molecule has 6 heteroatoms. The molecule has 3 rings (SSSR count). The van der Waals surface area contributed by atoms with Crippen LogP contribution in [-0.2, 0) is 12.6 Å². The highest BCUT2D eigenvalue weighted by Gasteiger charge is 2.29. The van der Waals surface area contributed by atoms with Crippen LogP contribution in [-0.4, -0.2) is 30.9 Å². The molecule has 0 saturated heterocycles. The second-order valence-electron chi connectivity index (χ2n) is 6.59. The molecule has 0 amide bonds. The molecule has 0 unspecified atom stereocenters. The van der Waals surface area contributed by atoms with Crippen LogP contribution in [0.2, 0.25) is 0 Å². The fourth-order valence-corrected chi connectivity index (χ4v) is 2.93. The number of aliphatic hydroxyl groups excluding tert-OH is 1. The summed E-state index contributed by atoms with van der Waals surface area (Å²) in [5, 5.41) is 15.3. The van der Waals surface area contributed by atoms with Gasteiger partial charge in [0.1, 0.15) is 18.5 Å². The maximum absolute atomic E-state index is 12.5. The minimum atomic E-state index is -4.31. The Labute approximate surface area is 161 Å². The van der Waals surface area contributed by atoms with Gasteiger partial charge in [-0.25, -0.2) is 0 Å². The maximum atomic E-state index is 12.5. The molecular formula is C22H22F3NO2. The molecule has 3 nitrogen and oxygen atoms in total. The fraction of sp³-hybridized carbons (Fsp3) is 0.273. The number of alkyl halides is 3. The number of halogens is 3. The van der Waals surface area contributed by atoms with Gasteiger partial charge in [0.25, 0.3) is 0 Å². The van der Waals surface area contributed by atoms with E-state index in [0.717, 1.165) is 34.2 Å². The average Bonchev–Trinajstić information content (AvgIpc) is 2.69. The number of ether oxygens (including phenoxy) is 1. The summed E-state index contributed by atoms with van der Waals surface area (Å²) in [6.45, 7) is 1.05. The number of aliphatic hydroxyl groups is 1. The zero-order valence-corrected chi connectivity index (χ0v) is 15.2. The van der Waals surface area contributed by atoms with Crippen LogP contribution in [0, 0.1) is 0 Å². The van der Waals surface area contributed by atoms with E-state index in [2.05, 4.69) is 5.32 Å². The van der Waals surface area contributed by atoms with Gasteiger partial charge >= 0.3 is 6.18 Å². The lowest BCUT2D eigenvalue weighted by atomic mass is 10.1. The normalized spacial score (nSPS) is 12.9. The molecule has 0 aliphatic rings. The van der Waals surface area contributed by atoms with E-state index in [4.69, 9.17) is 4.74 Å². The Hall–Kier alpha value is -2.57. The van der Waals surface area contributed by atoms with Crippen LogP contribution < -0.4 is 10.1 Å². The number of nitrogens with one attached hydrogen (secondary N) is 1. The first kappa shape index (κ1) is 20.2. The molecule has 0 radical (unpaired) electrons. The van der Waals surface area contributed by atoms with Crippen LogP contribution in [0.25, 0.3) is 10.8 Å². The Kier molecular flexibility index (Phi) is 6.54. The van der Waals surface area contributed by atoms with Crippen LogP contribution in [0.4, 0.5) is 13.2 Å². The zero-order valence-electron chi connectivity index (χ0n) is 15.2. The van der Waals surface area contributed by atoms with Crippen molar-refractivity contribution >= 4 is 10.8 Å². The van der Waals surface area contributed by atoms with E-state index in [1.165, 1.54) is 12.1 Å². The number of hydrogen-bond donors (Lipinski definition) is 2. The summed E-state index contributed by atoms with van der Waals surface area (Å²) >= 11 is 0. The number of rotatable bonds is 8. The van der Waals surface area contributed by atoms with Gasteiger partial charge in [0.2, 0.25) is 0 Å². The minimum Gasteiger partial charge on any atom is -0.490 e. The molecule has 2 N–H and O–H groups in total. The molecule has 1 atom stereocenters. The standard InChI is InChI=1S/C22H22F3NO2/c23-22(24,25)18-10-8-16(9-11-18)12-13-26-14-19(27)15-28-21-7-3-5-17-4-1-2-6-20(17)21/h1-11,19,26-27H,12-15H2/t19-/m1/s1. The van der Waals surface area contributed by atoms with Gasteiger partial charge in [-0.3, -0.25) is 0 Å². The van der Waals surface area contributed by atoms with Crippen molar-refractivity contribution in [1.29, 1.82) is 0 Å². The molecule has 28 heavy (non-hydrogen) atoms. The van der Waals surface area contributed by atoms with E-state index in [0.29, 0.717) is 19.5 Å². The van der Waals surface area contributed by atoms with E-state index >= 15 is 0 Å². The van der Waals surface area contributed by atoms with Gasteiger partial charge in [-0.2, -0.15) is 13.2 Å². The van der Waals surface area contributed by atoms with Crippen LogP contribution in [0.15, 0.2) is 66.7 Å². The lowest BCUT2D eigenvalue weighted by Crippen LogP contribution is -2.32. The van der Waals surface area contributed by atoms with Crippen molar-refractivity contribution in [2.45, 2.75) is 18.7 Å². The molecule has 0 saturated carbocycles. The molecule has 0 heterocycles. The molecule has 0 aliphatic heterocycles. The quantitative estimate of drug-likeness (QED) is 0.560. The van der Waals surface area contributed by atoms with Crippen LogP contribution in [0.1, 0.15) is 11.1 Å². The van der Waals surface area contributed by atoms with E-state index < -0.39 is 17.8 Å². The highest BCUT2D eigenvalue weighted by molar-refractivity contribution is 5.88. The van der Waals surface area contributed by atoms with E-state index in [9.17, 15) is 18.3 Å². The van der Waals surface area contributed by atoms with Gasteiger partial charge in [-0.1, -0.05) is 48.5 Å². The predicted octanol–water partition coefficient (Wildman–Crippen LogP) is 4.43. The Morgan fingerprint density at radius 1 is 0.929 bits per heavy atom. The Morgan fingerprint density at radius 2 is 1.64 bits per heavy atom. The summed E-state index contributed by atoms with van der Waals surface area (Å²) in [6, 6.07) is 18.8. The Morgan fingerprint density at radius 3 is 2.39 bits per heavy atom. The third-order valence-electron chi connectivity index (χ3n) is 4.43. The second-order valence-corrected chi connectivity index (χ2v) is 6.59. The van der Waals surface area contributed by atoms with Crippen molar-refractivity contribution in [3.05, 3.63) is 77.9 Å². The average molecular weight is 389 g/mol. The monoisotopic (exact) mass is 389 g/mol. The number of fused-ring (bicyclic) bond motifs is 1. The predicted molar refractivity (Wildman–Crippen MR) is 103 cm³/mol. The molecule has 0 aromatic heterocycles. The summed E-state index contributed by atoms with van der Waals surface area (Å²) in [7, 11) is 0. The Balaban J connectivity index is 1.40. The van der Waals surface area contributed by atoms with Gasteiger partial charge < -0.3 is 15.2 Å². The summed E-state index contributed by atoms with van der Waals surface area (Å²) < 4.78 is 43.4. The van der Waals surface area contributed by atoms with Gasteiger partial charge in [0.15, 0.2) is 0 Å². The van der Waals surface area contributed by atoms with Crippen molar-refractivity contribution < 1.29 is 23.0 Å². The summed E-state index contributed by atoms with van der Waals surface area (Å²) in [4.78, 5) is 0. The molecule has 3 aromatic carbocycles. The number of hydrogen-bond acceptors (Lipinski definition) is 3. The van der Waals surface area contributed by atoms with E-state index in [-0.39, 0.29) is 6.61 Å². The van der Waals surface area contributed by atoms with Gasteiger partial charge in [0, 0.05) is 11.9 Å². The molecule has 0 fully saturated rings. The SMILES string of the molecule is O[C@H](CNCCc1ccc(C(F)(F)F)cc1)COc1cccc2ccccc12. The lowest BCUT2D eigenvalue weighted by Gasteiger charge is -2.15. The van der Waals surface area contributed by atoms with Crippen molar-refractivity contribution in [2.24, 2.45) is 0 Å². The van der Waals surface area contributed by atoms with Crippen LogP contribution in [0.5, 0.6) is 5.75 Å². The van der Waals surface area contributed by atoms with E-state index in [1.807, 2.05) is 42.5 Å². The fourth-order valence-electron chi connectivity index (χ4n) is 2.93. The molecule has 148 valence electrons. The van der Waals surface area contributed by atoms with Crippen molar-refractivity contribution in [3.8, 4) is 5.75 Å². The third kappa shape index (κ3) is 5.47. The summed E-state index contributed by atoms with van der Waals surface area (Å²) in [5.41, 5.74) is 0.159. The molecule has 0 spiro atoms. The molecule has 0 bridgehead atoms. The molecular weight excluding hydrogens is 367 g/mol. The first-order chi connectivity index (χ1) is 13.4. The summed E-state index contributed by atoms with van der Waals surface area (Å²) in [5.74, 6) is 0.724. The Bertz CT molecular complexity index is 889. The smallest absolute Gasteiger partial charge is 0.416 e. The van der Waals surface area contributed by atoms with Crippen LogP contribution in [0.3, 0.4) is 0 Å². The highest BCUT2D eigenvalue weighted by atomic mass is 19.4. The maximum Gasteiger partial charge on any atom is 0.416 e. The van der Waals surface area contributed by atoms with Gasteiger partial charge in [-0.15, -0.1) is 0 Å². The third-order valence-corrected chi connectivity index (χ3v) is 4.43.